The van der Waals surface area contributed by atoms with Gasteiger partial charge in [-0.05, 0) is 12.7 Å². The van der Waals surface area contributed by atoms with Gasteiger partial charge in [-0.25, -0.2) is 0 Å². The van der Waals surface area contributed by atoms with Crippen molar-refractivity contribution < 1.29 is 4.79 Å². The number of nitrogens with zero attached hydrogens (tertiary/aromatic N) is 1. The molecule has 0 aliphatic rings. The van der Waals surface area contributed by atoms with Crippen molar-refractivity contribution in [3.63, 3.8) is 0 Å². The topological polar surface area (TPSA) is 32.3 Å². The molecule has 76 valence electrons. The summed E-state index contributed by atoms with van der Waals surface area (Å²) in [6.45, 7) is 3.84. The van der Waals surface area contributed by atoms with Gasteiger partial charge in [-0.3, -0.25) is 4.79 Å². The molecule has 0 fully saturated rings. The Labute approximate surface area is 89.2 Å². The van der Waals surface area contributed by atoms with Gasteiger partial charge in [-0.1, -0.05) is 30.9 Å². The highest BCUT2D eigenvalue weighted by Crippen LogP contribution is 2.01. The molecule has 0 heterocycles. The molecule has 0 saturated heterocycles. The van der Waals surface area contributed by atoms with Crippen LogP contribution in [0.3, 0.4) is 0 Å². The van der Waals surface area contributed by atoms with Crippen LogP contribution in [0.2, 0.25) is 0 Å². The Morgan fingerprint density at radius 3 is 2.54 bits per heavy atom. The molecule has 0 saturated carbocycles. The molecule has 0 aromatic rings. The van der Waals surface area contributed by atoms with Crippen LogP contribution in [-0.2, 0) is 4.79 Å². The zero-order valence-electron chi connectivity index (χ0n) is 8.46. The van der Waals surface area contributed by atoms with Gasteiger partial charge >= 0.3 is 0 Å². The second-order valence-electron chi connectivity index (χ2n) is 2.82. The van der Waals surface area contributed by atoms with Crippen molar-refractivity contribution >= 4 is 34.2 Å². The third-order valence-corrected chi connectivity index (χ3v) is 2.56. The van der Waals surface area contributed by atoms with Crippen molar-refractivity contribution in [3.8, 4) is 0 Å². The maximum atomic E-state index is 11.4. The number of hydrogen-bond donors (Lipinski definition) is 1. The Morgan fingerprint density at radius 1 is 1.62 bits per heavy atom. The monoisotopic (exact) mass is 220 g/mol. The van der Waals surface area contributed by atoms with Gasteiger partial charge in [-0.15, -0.1) is 0 Å². The summed E-state index contributed by atoms with van der Waals surface area (Å²) >= 11 is 6.55. The van der Waals surface area contributed by atoms with Crippen molar-refractivity contribution in [1.29, 1.82) is 0 Å². The van der Waals surface area contributed by atoms with E-state index < -0.39 is 0 Å². The van der Waals surface area contributed by atoms with E-state index in [2.05, 4.69) is 5.32 Å². The lowest BCUT2D eigenvalue weighted by Gasteiger charge is -2.18. The predicted octanol–water partition coefficient (Wildman–Crippen LogP) is 1.09. The second kappa shape index (κ2) is 6.21. The van der Waals surface area contributed by atoms with Gasteiger partial charge in [0.2, 0.25) is 5.91 Å². The number of rotatable bonds is 3. The minimum atomic E-state index is -0.235. The fourth-order valence-electron chi connectivity index (χ4n) is 0.799. The van der Waals surface area contributed by atoms with E-state index in [0.717, 1.165) is 5.75 Å². The quantitative estimate of drug-likeness (QED) is 0.722. The summed E-state index contributed by atoms with van der Waals surface area (Å²) in [5.41, 5.74) is 0. The lowest BCUT2D eigenvalue weighted by Crippen LogP contribution is -2.42. The summed E-state index contributed by atoms with van der Waals surface area (Å²) < 4.78 is 0.685. The van der Waals surface area contributed by atoms with E-state index in [0.29, 0.717) is 4.32 Å². The van der Waals surface area contributed by atoms with Gasteiger partial charge in [0.1, 0.15) is 10.4 Å². The molecule has 5 heteroatoms. The molecule has 0 spiro atoms. The molecule has 1 amide bonds. The van der Waals surface area contributed by atoms with Crippen molar-refractivity contribution in [3.05, 3.63) is 0 Å². The fraction of sp³-hybridized carbons (Fsp3) is 0.750. The van der Waals surface area contributed by atoms with E-state index in [1.807, 2.05) is 13.8 Å². The van der Waals surface area contributed by atoms with Gasteiger partial charge in [-0.2, -0.15) is 0 Å². The molecule has 0 aromatic heterocycles. The van der Waals surface area contributed by atoms with Gasteiger partial charge in [0.05, 0.1) is 0 Å². The Bertz CT molecular complexity index is 195. The molecule has 0 unspecified atom stereocenters. The number of thiocarbonyl (C=S) groups is 1. The van der Waals surface area contributed by atoms with Crippen LogP contribution in [0.1, 0.15) is 13.8 Å². The van der Waals surface area contributed by atoms with E-state index in [4.69, 9.17) is 12.2 Å². The van der Waals surface area contributed by atoms with Crippen molar-refractivity contribution in [1.82, 2.24) is 10.2 Å². The van der Waals surface area contributed by atoms with Crippen LogP contribution in [0.5, 0.6) is 0 Å². The Hall–Kier alpha value is -0.290. The average molecular weight is 220 g/mol. The molecule has 1 atom stereocenters. The third kappa shape index (κ3) is 5.10. The minimum absolute atomic E-state index is 0.0408. The minimum Gasteiger partial charge on any atom is -0.360 e. The van der Waals surface area contributed by atoms with Gasteiger partial charge < -0.3 is 10.2 Å². The number of likely N-dealkylation sites (N-methyl/N-ethyl adjacent to an activating group) is 1. The lowest BCUT2D eigenvalue weighted by molar-refractivity contribution is -0.130. The summed E-state index contributed by atoms with van der Waals surface area (Å²) in [5.74, 6) is 0.966. The van der Waals surface area contributed by atoms with Crippen LogP contribution < -0.4 is 5.32 Å². The molecule has 0 radical (unpaired) electrons. The summed E-state index contributed by atoms with van der Waals surface area (Å²) in [4.78, 5) is 12.9. The second-order valence-corrected chi connectivity index (χ2v) is 4.76. The first-order chi connectivity index (χ1) is 5.99. The molecule has 0 bridgehead atoms. The number of carbonyl (C=O) groups excluding carboxylic acids is 1. The molecule has 3 nitrogen and oxygen atoms in total. The highest BCUT2D eigenvalue weighted by Gasteiger charge is 2.14. The first kappa shape index (κ1) is 12.7. The molecule has 13 heavy (non-hydrogen) atoms. The van der Waals surface area contributed by atoms with Crippen LogP contribution in [0, 0.1) is 0 Å². The normalized spacial score (nSPS) is 12.0. The molecular weight excluding hydrogens is 204 g/mol. The number of carbonyl (C=O) groups is 1. The van der Waals surface area contributed by atoms with E-state index in [-0.39, 0.29) is 11.9 Å². The molecule has 0 rings (SSSR count). The smallest absolute Gasteiger partial charge is 0.244 e. The number of thioether (sulfide) groups is 1. The van der Waals surface area contributed by atoms with Crippen molar-refractivity contribution in [2.24, 2.45) is 0 Å². The van der Waals surface area contributed by atoms with Crippen LogP contribution in [-0.4, -0.2) is 41.0 Å². The highest BCUT2D eigenvalue weighted by molar-refractivity contribution is 8.22. The Morgan fingerprint density at radius 2 is 2.15 bits per heavy atom. The number of amides is 1. The largest absolute Gasteiger partial charge is 0.360 e. The summed E-state index contributed by atoms with van der Waals surface area (Å²) in [6.07, 6.45) is 0. The van der Waals surface area contributed by atoms with Crippen LogP contribution in [0.25, 0.3) is 0 Å². The molecular formula is C8H16N2OS2. The number of hydrogen-bond acceptors (Lipinski definition) is 3. The van der Waals surface area contributed by atoms with Crippen molar-refractivity contribution in [2.75, 3.05) is 19.8 Å². The van der Waals surface area contributed by atoms with Gasteiger partial charge in [0.25, 0.3) is 0 Å². The average Bonchev–Trinajstić information content (AvgIpc) is 2.03. The van der Waals surface area contributed by atoms with E-state index in [9.17, 15) is 4.79 Å². The number of nitrogens with one attached hydrogen (secondary N) is 1. The zero-order chi connectivity index (χ0) is 10.4. The maximum Gasteiger partial charge on any atom is 0.244 e. The summed E-state index contributed by atoms with van der Waals surface area (Å²) in [5, 5.41) is 2.97. The van der Waals surface area contributed by atoms with E-state index >= 15 is 0 Å². The van der Waals surface area contributed by atoms with E-state index in [1.54, 1.807) is 19.0 Å². The molecule has 1 N–H and O–H groups in total. The Kier molecular flexibility index (Phi) is 6.07. The van der Waals surface area contributed by atoms with Crippen LogP contribution in [0.4, 0.5) is 0 Å². The fourth-order valence-corrected chi connectivity index (χ4v) is 1.85. The first-order valence-corrected chi connectivity index (χ1v) is 5.52. The predicted molar refractivity (Wildman–Crippen MR) is 62.0 cm³/mol. The molecule has 0 aromatic carbocycles. The van der Waals surface area contributed by atoms with Crippen LogP contribution in [0.15, 0.2) is 0 Å². The SMILES string of the molecule is CCSC(=S)N[C@@H](C)C(=O)N(C)C. The maximum absolute atomic E-state index is 11.4. The van der Waals surface area contributed by atoms with Crippen molar-refractivity contribution in [2.45, 2.75) is 19.9 Å². The third-order valence-electron chi connectivity index (χ3n) is 1.42. The van der Waals surface area contributed by atoms with Gasteiger partial charge in [0.15, 0.2) is 0 Å². The summed E-state index contributed by atoms with van der Waals surface area (Å²) in [7, 11) is 3.47. The lowest BCUT2D eigenvalue weighted by atomic mass is 10.3. The molecule has 0 aliphatic heterocycles. The highest BCUT2D eigenvalue weighted by atomic mass is 32.2. The Balaban J connectivity index is 3.92. The van der Waals surface area contributed by atoms with Gasteiger partial charge in [0, 0.05) is 14.1 Å². The standard InChI is InChI=1S/C8H16N2OS2/c1-5-13-8(12)9-6(2)7(11)10(3)4/h6H,5H2,1-4H3,(H,9,12)/t6-/m0/s1. The van der Waals surface area contributed by atoms with E-state index in [1.165, 1.54) is 11.8 Å². The van der Waals surface area contributed by atoms with Crippen LogP contribution >= 0.6 is 24.0 Å². The summed E-state index contributed by atoms with van der Waals surface area (Å²) in [6, 6.07) is -0.235. The zero-order valence-corrected chi connectivity index (χ0v) is 10.1. The molecule has 0 aliphatic carbocycles. The first-order valence-electron chi connectivity index (χ1n) is 4.13.